The van der Waals surface area contributed by atoms with E-state index in [-0.39, 0.29) is 11.6 Å². The van der Waals surface area contributed by atoms with Gasteiger partial charge < -0.3 is 0 Å². The van der Waals surface area contributed by atoms with Gasteiger partial charge in [0.1, 0.15) is 0 Å². The van der Waals surface area contributed by atoms with Crippen molar-refractivity contribution in [3.8, 4) is 0 Å². The van der Waals surface area contributed by atoms with E-state index in [0.29, 0.717) is 0 Å². The van der Waals surface area contributed by atoms with Crippen molar-refractivity contribution >= 4 is 11.6 Å². The van der Waals surface area contributed by atoms with Crippen molar-refractivity contribution in [1.82, 2.24) is 10.3 Å². The molecule has 0 aliphatic heterocycles. The summed E-state index contributed by atoms with van der Waals surface area (Å²) in [6.45, 7) is 10.7. The fourth-order valence-corrected chi connectivity index (χ4v) is 2.81. The average molecular weight is 270 g/mol. The van der Waals surface area contributed by atoms with E-state index in [1.807, 2.05) is 18.2 Å². The zero-order valence-corrected chi connectivity index (χ0v) is 12.5. The molecule has 0 spiro atoms. The second kappa shape index (κ2) is 6.53. The Bertz CT molecular complexity index is 375. The Morgan fingerprint density at radius 1 is 1.33 bits per heavy atom. The van der Waals surface area contributed by atoms with Crippen molar-refractivity contribution in [2.45, 2.75) is 39.3 Å². The van der Waals surface area contributed by atoms with Crippen LogP contribution < -0.4 is 11.3 Å². The van der Waals surface area contributed by atoms with Crippen molar-refractivity contribution in [1.29, 1.82) is 0 Å². The molecule has 0 bridgehead atoms. The Morgan fingerprint density at radius 2 is 1.94 bits per heavy atom. The van der Waals surface area contributed by atoms with Gasteiger partial charge in [0.05, 0.1) is 6.04 Å². The van der Waals surface area contributed by atoms with Crippen LogP contribution in [0.1, 0.15) is 39.3 Å². The van der Waals surface area contributed by atoms with Gasteiger partial charge in [-0.1, -0.05) is 37.6 Å². The molecular formula is C14H24ClN3. The fraction of sp³-hybridized carbons (Fsp3) is 0.571. The maximum atomic E-state index is 6.06. The summed E-state index contributed by atoms with van der Waals surface area (Å²) in [5.74, 6) is 5.77. The molecule has 4 heteroatoms. The number of hydrogen-bond acceptors (Lipinski definition) is 3. The third-order valence-electron chi connectivity index (χ3n) is 3.63. The molecule has 0 fully saturated rings. The Hall–Kier alpha value is -0.610. The van der Waals surface area contributed by atoms with E-state index < -0.39 is 0 Å². The molecule has 1 aromatic carbocycles. The largest absolute Gasteiger partial charge is 0.297 e. The molecule has 18 heavy (non-hydrogen) atoms. The summed E-state index contributed by atoms with van der Waals surface area (Å²) in [6, 6.07) is 7.90. The van der Waals surface area contributed by atoms with E-state index >= 15 is 0 Å². The summed E-state index contributed by atoms with van der Waals surface area (Å²) < 4.78 is 0. The molecule has 0 amide bonds. The van der Waals surface area contributed by atoms with Crippen molar-refractivity contribution in [2.24, 2.45) is 5.84 Å². The molecule has 1 aromatic rings. The molecule has 0 saturated heterocycles. The van der Waals surface area contributed by atoms with E-state index in [0.717, 1.165) is 23.7 Å². The lowest BCUT2D eigenvalue weighted by Crippen LogP contribution is -2.54. The molecule has 0 heterocycles. The number of nitrogens with zero attached hydrogens (tertiary/aromatic N) is 1. The predicted octanol–water partition coefficient (Wildman–Crippen LogP) is 2.96. The van der Waals surface area contributed by atoms with Crippen LogP contribution in [-0.4, -0.2) is 23.5 Å². The molecule has 3 nitrogen and oxygen atoms in total. The van der Waals surface area contributed by atoms with Gasteiger partial charge in [-0.15, -0.1) is 0 Å². The van der Waals surface area contributed by atoms with Crippen LogP contribution in [0.3, 0.4) is 0 Å². The van der Waals surface area contributed by atoms with E-state index in [4.69, 9.17) is 17.4 Å². The molecule has 1 unspecified atom stereocenters. The fourth-order valence-electron chi connectivity index (χ4n) is 2.62. The van der Waals surface area contributed by atoms with Gasteiger partial charge in [0.2, 0.25) is 0 Å². The quantitative estimate of drug-likeness (QED) is 0.616. The van der Waals surface area contributed by atoms with Gasteiger partial charge in [0.15, 0.2) is 0 Å². The standard InChI is InChI=1S/C14H24ClN3/c1-5-18(6-2)14(3,4)13(17-16)11-8-7-9-12(15)10-11/h7-10,13,17H,5-6,16H2,1-4H3. The number of nitrogens with one attached hydrogen (secondary N) is 1. The monoisotopic (exact) mass is 269 g/mol. The Balaban J connectivity index is 3.08. The topological polar surface area (TPSA) is 41.3 Å². The maximum absolute atomic E-state index is 6.06. The van der Waals surface area contributed by atoms with Gasteiger partial charge in [-0.25, -0.2) is 0 Å². The van der Waals surface area contributed by atoms with Crippen LogP contribution in [0.25, 0.3) is 0 Å². The Morgan fingerprint density at radius 3 is 2.39 bits per heavy atom. The van der Waals surface area contributed by atoms with Crippen LogP contribution in [0.15, 0.2) is 24.3 Å². The van der Waals surface area contributed by atoms with Gasteiger partial charge in [-0.2, -0.15) is 0 Å². The minimum absolute atomic E-state index is 0.0381. The number of halogens is 1. The van der Waals surface area contributed by atoms with Gasteiger partial charge in [-0.05, 0) is 44.6 Å². The van der Waals surface area contributed by atoms with Crippen molar-refractivity contribution < 1.29 is 0 Å². The van der Waals surface area contributed by atoms with Crippen molar-refractivity contribution in [3.63, 3.8) is 0 Å². The summed E-state index contributed by atoms with van der Waals surface area (Å²) in [5.41, 5.74) is 3.97. The number of hydrazine groups is 1. The van der Waals surface area contributed by atoms with E-state index in [9.17, 15) is 0 Å². The first-order valence-corrected chi connectivity index (χ1v) is 6.81. The van der Waals surface area contributed by atoms with Crippen molar-refractivity contribution in [3.05, 3.63) is 34.9 Å². The van der Waals surface area contributed by atoms with Gasteiger partial charge in [-0.3, -0.25) is 16.2 Å². The third-order valence-corrected chi connectivity index (χ3v) is 3.87. The molecule has 0 aliphatic carbocycles. The first-order valence-electron chi connectivity index (χ1n) is 6.44. The highest BCUT2D eigenvalue weighted by atomic mass is 35.5. The summed E-state index contributed by atoms with van der Waals surface area (Å²) in [5, 5.41) is 0.739. The summed E-state index contributed by atoms with van der Waals surface area (Å²) in [7, 11) is 0. The number of hydrogen-bond donors (Lipinski definition) is 2. The minimum atomic E-state index is -0.0804. The van der Waals surface area contributed by atoms with E-state index in [1.54, 1.807) is 0 Å². The smallest absolute Gasteiger partial charge is 0.0639 e. The first-order chi connectivity index (χ1) is 8.47. The average Bonchev–Trinajstić information content (AvgIpc) is 2.30. The highest BCUT2D eigenvalue weighted by molar-refractivity contribution is 6.30. The van der Waals surface area contributed by atoms with Crippen LogP contribution in [0.2, 0.25) is 5.02 Å². The van der Waals surface area contributed by atoms with Crippen molar-refractivity contribution in [2.75, 3.05) is 13.1 Å². The molecule has 3 N–H and O–H groups in total. The van der Waals surface area contributed by atoms with Gasteiger partial charge >= 0.3 is 0 Å². The summed E-state index contributed by atoms with van der Waals surface area (Å²) in [4.78, 5) is 2.39. The Labute approximate surface area is 115 Å². The lowest BCUT2D eigenvalue weighted by Gasteiger charge is -2.43. The normalized spacial score (nSPS) is 13.9. The molecule has 102 valence electrons. The van der Waals surface area contributed by atoms with E-state index in [1.165, 1.54) is 0 Å². The second-order valence-corrected chi connectivity index (χ2v) is 5.42. The highest BCUT2D eigenvalue weighted by Gasteiger charge is 2.34. The van der Waals surface area contributed by atoms with Gasteiger partial charge in [0, 0.05) is 10.6 Å². The zero-order valence-electron chi connectivity index (χ0n) is 11.7. The van der Waals surface area contributed by atoms with Crippen LogP contribution in [0, 0.1) is 0 Å². The van der Waals surface area contributed by atoms with Crippen LogP contribution in [-0.2, 0) is 0 Å². The van der Waals surface area contributed by atoms with Crippen LogP contribution in [0.5, 0.6) is 0 Å². The lowest BCUT2D eigenvalue weighted by atomic mass is 9.87. The van der Waals surface area contributed by atoms with Crippen LogP contribution in [0.4, 0.5) is 0 Å². The summed E-state index contributed by atoms with van der Waals surface area (Å²) >= 11 is 6.06. The lowest BCUT2D eigenvalue weighted by molar-refractivity contribution is 0.0913. The SMILES string of the molecule is CCN(CC)C(C)(C)C(NN)c1cccc(Cl)c1. The maximum Gasteiger partial charge on any atom is 0.0639 e. The van der Waals surface area contributed by atoms with Gasteiger partial charge in [0.25, 0.3) is 0 Å². The molecule has 0 radical (unpaired) electrons. The highest BCUT2D eigenvalue weighted by Crippen LogP contribution is 2.31. The molecule has 0 aliphatic rings. The molecule has 1 rings (SSSR count). The Kier molecular flexibility index (Phi) is 5.60. The van der Waals surface area contributed by atoms with Crippen LogP contribution >= 0.6 is 11.6 Å². The minimum Gasteiger partial charge on any atom is -0.297 e. The third kappa shape index (κ3) is 3.23. The van der Waals surface area contributed by atoms with E-state index in [2.05, 4.69) is 44.1 Å². The number of benzene rings is 1. The predicted molar refractivity (Wildman–Crippen MR) is 78.5 cm³/mol. The molecule has 0 aromatic heterocycles. The second-order valence-electron chi connectivity index (χ2n) is 4.98. The first kappa shape index (κ1) is 15.4. The summed E-state index contributed by atoms with van der Waals surface area (Å²) in [6.07, 6.45) is 0. The number of nitrogens with two attached hydrogens (primary N) is 1. The number of likely N-dealkylation sites (N-methyl/N-ethyl adjacent to an activating group) is 1. The molecular weight excluding hydrogens is 246 g/mol. The number of rotatable bonds is 6. The molecule has 1 atom stereocenters. The zero-order chi connectivity index (χ0) is 13.8. The molecule has 0 saturated carbocycles.